The molecule has 2 aromatic carbocycles. The summed E-state index contributed by atoms with van der Waals surface area (Å²) >= 11 is 0. The molecule has 2 N–H and O–H groups in total. The molecule has 30 heavy (non-hydrogen) atoms. The summed E-state index contributed by atoms with van der Waals surface area (Å²) in [6.45, 7) is 3.39. The molecule has 0 aromatic heterocycles. The van der Waals surface area contributed by atoms with E-state index in [1.54, 1.807) is 62.4 Å². The van der Waals surface area contributed by atoms with Crippen molar-refractivity contribution in [2.75, 3.05) is 6.79 Å². The first kappa shape index (κ1) is 20.9. The number of rotatable bonds is 7. The number of carboxylic acid groups (broad SMARTS) is 1. The van der Waals surface area contributed by atoms with Crippen LogP contribution in [-0.2, 0) is 9.59 Å². The molecule has 0 saturated carbocycles. The van der Waals surface area contributed by atoms with E-state index in [0.717, 1.165) is 0 Å². The summed E-state index contributed by atoms with van der Waals surface area (Å²) in [5.74, 6) is -1.99. The minimum atomic E-state index is -1.41. The van der Waals surface area contributed by atoms with Crippen molar-refractivity contribution >= 4 is 23.9 Å². The molecule has 0 aliphatic carbocycles. The summed E-state index contributed by atoms with van der Waals surface area (Å²) in [5, 5.41) is 16.3. The van der Waals surface area contributed by atoms with Crippen molar-refractivity contribution in [3.63, 3.8) is 0 Å². The van der Waals surface area contributed by atoms with Crippen LogP contribution in [0.3, 0.4) is 0 Å². The first-order chi connectivity index (χ1) is 14.3. The van der Waals surface area contributed by atoms with Crippen molar-refractivity contribution in [2.45, 2.75) is 19.9 Å². The minimum absolute atomic E-state index is 0.0995. The van der Waals surface area contributed by atoms with Gasteiger partial charge in [-0.1, -0.05) is 38.1 Å². The van der Waals surface area contributed by atoms with Crippen molar-refractivity contribution in [3.8, 4) is 11.5 Å². The Morgan fingerprint density at radius 1 is 1.03 bits per heavy atom. The largest absolute Gasteiger partial charge is 0.548 e. The molecule has 0 saturated heterocycles. The van der Waals surface area contributed by atoms with Crippen LogP contribution in [0.15, 0.2) is 54.2 Å². The topological polar surface area (TPSA) is 117 Å². The van der Waals surface area contributed by atoms with Crippen molar-refractivity contribution in [3.05, 3.63) is 65.4 Å². The predicted molar refractivity (Wildman–Crippen MR) is 106 cm³/mol. The molecule has 0 unspecified atom stereocenters. The lowest BCUT2D eigenvalue weighted by atomic mass is 10.0. The summed E-state index contributed by atoms with van der Waals surface area (Å²) in [7, 11) is 0. The number of ether oxygens (including phenoxy) is 2. The second-order valence-corrected chi connectivity index (χ2v) is 7.01. The standard InChI is InChI=1S/C22H22N2O6/c1-13(2)19(22(27)28)24-21(26)16(23-20(25)15-6-4-3-5-7-15)10-14-8-9-17-18(11-14)30-12-29-17/h3-11,13,19H,12H2,1-2H3,(H,23,25)(H,24,26)(H,27,28)/p-1/b16-10+/t19-/m1/s1. The third-order valence-electron chi connectivity index (χ3n) is 4.44. The smallest absolute Gasteiger partial charge is 0.268 e. The Kier molecular flexibility index (Phi) is 6.36. The van der Waals surface area contributed by atoms with Crippen LogP contribution in [0.25, 0.3) is 6.08 Å². The van der Waals surface area contributed by atoms with Crippen LogP contribution in [0.2, 0.25) is 0 Å². The van der Waals surface area contributed by atoms with Gasteiger partial charge in [-0.3, -0.25) is 9.59 Å². The second kappa shape index (κ2) is 9.13. The summed E-state index contributed by atoms with van der Waals surface area (Å²) < 4.78 is 10.6. The number of amides is 2. The Morgan fingerprint density at radius 2 is 1.73 bits per heavy atom. The molecular weight excluding hydrogens is 388 g/mol. The molecule has 8 nitrogen and oxygen atoms in total. The van der Waals surface area contributed by atoms with Gasteiger partial charge in [0, 0.05) is 5.56 Å². The number of benzene rings is 2. The normalized spacial score (nSPS) is 13.6. The van der Waals surface area contributed by atoms with E-state index in [1.165, 1.54) is 6.08 Å². The molecule has 2 aromatic rings. The molecule has 0 spiro atoms. The number of fused-ring (bicyclic) bond motifs is 1. The third-order valence-corrected chi connectivity index (χ3v) is 4.44. The van der Waals surface area contributed by atoms with Gasteiger partial charge in [0.15, 0.2) is 11.5 Å². The number of aliphatic carboxylic acids is 1. The first-order valence-electron chi connectivity index (χ1n) is 9.34. The second-order valence-electron chi connectivity index (χ2n) is 7.01. The van der Waals surface area contributed by atoms with Crippen LogP contribution in [0, 0.1) is 5.92 Å². The maximum absolute atomic E-state index is 12.8. The van der Waals surface area contributed by atoms with E-state index < -0.39 is 29.7 Å². The zero-order valence-corrected chi connectivity index (χ0v) is 16.5. The lowest BCUT2D eigenvalue weighted by molar-refractivity contribution is -0.309. The molecule has 1 aliphatic rings. The molecule has 1 heterocycles. The summed E-state index contributed by atoms with van der Waals surface area (Å²) in [5.41, 5.74) is 0.795. The molecular formula is C22H21N2O6-. The average molecular weight is 409 g/mol. The zero-order valence-electron chi connectivity index (χ0n) is 16.5. The van der Waals surface area contributed by atoms with Gasteiger partial charge in [-0.05, 0) is 41.8 Å². The molecule has 8 heteroatoms. The molecule has 0 radical (unpaired) electrons. The first-order valence-corrected chi connectivity index (χ1v) is 9.34. The van der Waals surface area contributed by atoms with Gasteiger partial charge in [0.25, 0.3) is 11.8 Å². The van der Waals surface area contributed by atoms with Crippen LogP contribution in [0.1, 0.15) is 29.8 Å². The Balaban J connectivity index is 1.90. The fourth-order valence-electron chi connectivity index (χ4n) is 2.83. The fourth-order valence-corrected chi connectivity index (χ4v) is 2.83. The van der Waals surface area contributed by atoms with Gasteiger partial charge >= 0.3 is 0 Å². The van der Waals surface area contributed by atoms with Crippen molar-refractivity contribution in [2.24, 2.45) is 5.92 Å². The third kappa shape index (κ3) is 4.96. The van der Waals surface area contributed by atoms with Crippen LogP contribution in [0.5, 0.6) is 11.5 Å². The van der Waals surface area contributed by atoms with E-state index >= 15 is 0 Å². The average Bonchev–Trinajstić information content (AvgIpc) is 3.19. The lowest BCUT2D eigenvalue weighted by Crippen LogP contribution is -2.52. The lowest BCUT2D eigenvalue weighted by Gasteiger charge is -2.24. The van der Waals surface area contributed by atoms with Crippen LogP contribution < -0.4 is 25.2 Å². The molecule has 1 atom stereocenters. The van der Waals surface area contributed by atoms with Gasteiger partial charge in [-0.2, -0.15) is 0 Å². The highest BCUT2D eigenvalue weighted by molar-refractivity contribution is 6.06. The summed E-state index contributed by atoms with van der Waals surface area (Å²) in [6.07, 6.45) is 1.44. The highest BCUT2D eigenvalue weighted by atomic mass is 16.7. The number of carbonyl (C=O) groups excluding carboxylic acids is 3. The number of hydrogen-bond donors (Lipinski definition) is 2. The summed E-state index contributed by atoms with van der Waals surface area (Å²) in [4.78, 5) is 36.8. The Hall–Kier alpha value is -3.81. The fraction of sp³-hybridized carbons (Fsp3) is 0.227. The van der Waals surface area contributed by atoms with E-state index in [0.29, 0.717) is 22.6 Å². The van der Waals surface area contributed by atoms with E-state index in [9.17, 15) is 19.5 Å². The maximum atomic E-state index is 12.8. The molecule has 0 bridgehead atoms. The van der Waals surface area contributed by atoms with Gasteiger partial charge in [0.1, 0.15) is 5.70 Å². The number of carbonyl (C=O) groups is 3. The Morgan fingerprint density at radius 3 is 2.40 bits per heavy atom. The molecule has 0 fully saturated rings. The molecule has 2 amide bonds. The highest BCUT2D eigenvalue weighted by Crippen LogP contribution is 2.33. The van der Waals surface area contributed by atoms with E-state index in [2.05, 4.69) is 10.6 Å². The molecule has 3 rings (SSSR count). The van der Waals surface area contributed by atoms with E-state index in [-0.39, 0.29) is 12.5 Å². The maximum Gasteiger partial charge on any atom is 0.268 e. The van der Waals surface area contributed by atoms with Crippen molar-refractivity contribution < 1.29 is 29.0 Å². The number of nitrogens with one attached hydrogen (secondary N) is 2. The van der Waals surface area contributed by atoms with E-state index in [4.69, 9.17) is 9.47 Å². The predicted octanol–water partition coefficient (Wildman–Crippen LogP) is 1.08. The minimum Gasteiger partial charge on any atom is -0.548 e. The monoisotopic (exact) mass is 409 g/mol. The number of hydrogen-bond acceptors (Lipinski definition) is 6. The quantitative estimate of drug-likeness (QED) is 0.661. The molecule has 1 aliphatic heterocycles. The van der Waals surface area contributed by atoms with Gasteiger partial charge in [0.05, 0.1) is 12.0 Å². The van der Waals surface area contributed by atoms with Crippen molar-refractivity contribution in [1.82, 2.24) is 10.6 Å². The van der Waals surface area contributed by atoms with Gasteiger partial charge in [0.2, 0.25) is 6.79 Å². The van der Waals surface area contributed by atoms with Crippen LogP contribution >= 0.6 is 0 Å². The number of carboxylic acids is 1. The van der Waals surface area contributed by atoms with Gasteiger partial charge in [-0.25, -0.2) is 0 Å². The zero-order chi connectivity index (χ0) is 21.7. The Bertz CT molecular complexity index is 984. The summed E-state index contributed by atoms with van der Waals surface area (Å²) in [6, 6.07) is 12.2. The van der Waals surface area contributed by atoms with Gasteiger partial charge < -0.3 is 30.0 Å². The van der Waals surface area contributed by atoms with Gasteiger partial charge in [-0.15, -0.1) is 0 Å². The highest BCUT2D eigenvalue weighted by Gasteiger charge is 2.22. The van der Waals surface area contributed by atoms with Crippen molar-refractivity contribution in [1.29, 1.82) is 0 Å². The van der Waals surface area contributed by atoms with Crippen LogP contribution in [0.4, 0.5) is 0 Å². The van der Waals surface area contributed by atoms with Crippen LogP contribution in [-0.4, -0.2) is 30.6 Å². The Labute approximate surface area is 173 Å². The van der Waals surface area contributed by atoms with E-state index in [1.807, 2.05) is 0 Å². The SMILES string of the molecule is CC(C)[C@@H](NC(=O)/C(=C\c1ccc2c(c1)OCO2)NC(=O)c1ccccc1)C(=O)[O-]. The molecule has 156 valence electrons.